The average Bonchev–Trinajstić information content (AvgIpc) is 2.58. The number of hydrogen-bond donors (Lipinski definition) is 3. The van der Waals surface area contributed by atoms with E-state index in [0.29, 0.717) is 12.3 Å². The highest BCUT2D eigenvalue weighted by Crippen LogP contribution is 2.16. The van der Waals surface area contributed by atoms with Gasteiger partial charge in [-0.05, 0) is 30.2 Å². The molecule has 0 heterocycles. The Balaban J connectivity index is 0.00000288. The summed E-state index contributed by atoms with van der Waals surface area (Å²) in [5.41, 5.74) is 2.16. The van der Waals surface area contributed by atoms with Crippen LogP contribution in [0.1, 0.15) is 11.1 Å². The van der Waals surface area contributed by atoms with Gasteiger partial charge >= 0.3 is 0 Å². The highest BCUT2D eigenvalue weighted by molar-refractivity contribution is 14.0. The van der Waals surface area contributed by atoms with Crippen molar-refractivity contribution < 1.29 is 9.84 Å². The second kappa shape index (κ2) is 10.7. The van der Waals surface area contributed by atoms with Crippen molar-refractivity contribution in [3.63, 3.8) is 0 Å². The van der Waals surface area contributed by atoms with Crippen LogP contribution in [0.5, 0.6) is 11.5 Å². The van der Waals surface area contributed by atoms with Crippen LogP contribution in [0.2, 0.25) is 0 Å². The van der Waals surface area contributed by atoms with Gasteiger partial charge in [0.1, 0.15) is 11.5 Å². The molecule has 2 aromatic carbocycles. The van der Waals surface area contributed by atoms with Gasteiger partial charge in [0.25, 0.3) is 0 Å². The van der Waals surface area contributed by atoms with Crippen molar-refractivity contribution in [3.8, 4) is 11.5 Å². The lowest BCUT2D eigenvalue weighted by molar-refractivity contribution is 0.409. The average molecular weight is 441 g/mol. The zero-order valence-electron chi connectivity index (χ0n) is 14.0. The number of aliphatic imine (C=N–C) groups is 1. The quantitative estimate of drug-likeness (QED) is 0.367. The Morgan fingerprint density at radius 1 is 1.12 bits per heavy atom. The summed E-state index contributed by atoms with van der Waals surface area (Å²) in [6.07, 6.45) is 0.809. The number of rotatable bonds is 6. The molecule has 0 radical (unpaired) electrons. The molecule has 0 unspecified atom stereocenters. The van der Waals surface area contributed by atoms with Crippen molar-refractivity contribution in [2.45, 2.75) is 13.0 Å². The first-order valence-electron chi connectivity index (χ1n) is 7.57. The number of para-hydroxylation sites is 1. The number of aromatic hydroxyl groups is 1. The fraction of sp³-hybridized carbons (Fsp3) is 0.278. The number of ether oxygens (including phenoxy) is 1. The molecular formula is C18H24IN3O2. The van der Waals surface area contributed by atoms with Crippen molar-refractivity contribution in [3.05, 3.63) is 59.7 Å². The number of methoxy groups -OCH3 is 1. The highest BCUT2D eigenvalue weighted by atomic mass is 127. The Hall–Kier alpha value is -1.96. The molecule has 0 aliphatic rings. The lowest BCUT2D eigenvalue weighted by atomic mass is 10.1. The zero-order valence-corrected chi connectivity index (χ0v) is 16.3. The van der Waals surface area contributed by atoms with Gasteiger partial charge in [0.15, 0.2) is 5.96 Å². The van der Waals surface area contributed by atoms with Crippen molar-refractivity contribution in [1.82, 2.24) is 10.6 Å². The minimum Gasteiger partial charge on any atom is -0.508 e. The van der Waals surface area contributed by atoms with Crippen molar-refractivity contribution in [1.29, 1.82) is 0 Å². The molecule has 0 amide bonds. The van der Waals surface area contributed by atoms with E-state index in [1.165, 1.54) is 0 Å². The molecule has 0 bridgehead atoms. The van der Waals surface area contributed by atoms with Crippen molar-refractivity contribution in [2.75, 3.05) is 20.7 Å². The SMILES string of the molecule is CN=C(NCCc1cccc(O)c1)NCc1ccccc1OC.I. The molecule has 0 saturated carbocycles. The third kappa shape index (κ3) is 6.27. The van der Waals surface area contributed by atoms with Crippen molar-refractivity contribution in [2.24, 2.45) is 4.99 Å². The fourth-order valence-electron chi connectivity index (χ4n) is 2.29. The van der Waals surface area contributed by atoms with Crippen LogP contribution in [-0.4, -0.2) is 31.8 Å². The molecule has 0 aromatic heterocycles. The smallest absolute Gasteiger partial charge is 0.191 e. The van der Waals surface area contributed by atoms with Gasteiger partial charge in [-0.1, -0.05) is 30.3 Å². The Morgan fingerprint density at radius 3 is 2.62 bits per heavy atom. The van der Waals surface area contributed by atoms with Crippen LogP contribution in [0.4, 0.5) is 0 Å². The van der Waals surface area contributed by atoms with Crippen molar-refractivity contribution >= 4 is 29.9 Å². The van der Waals surface area contributed by atoms with Gasteiger partial charge in [-0.25, -0.2) is 0 Å². The molecule has 0 spiro atoms. The van der Waals surface area contributed by atoms with E-state index in [-0.39, 0.29) is 24.0 Å². The van der Waals surface area contributed by atoms with Gasteiger partial charge in [0.2, 0.25) is 0 Å². The maximum absolute atomic E-state index is 9.46. The van der Waals surface area contributed by atoms with E-state index >= 15 is 0 Å². The third-order valence-electron chi connectivity index (χ3n) is 3.48. The molecule has 0 saturated heterocycles. The molecule has 3 N–H and O–H groups in total. The van der Waals surface area contributed by atoms with Gasteiger partial charge in [0.05, 0.1) is 7.11 Å². The Morgan fingerprint density at radius 2 is 1.92 bits per heavy atom. The summed E-state index contributed by atoms with van der Waals surface area (Å²) in [5, 5.41) is 16.0. The van der Waals surface area contributed by atoms with Crippen LogP contribution in [0.15, 0.2) is 53.5 Å². The van der Waals surface area contributed by atoms with E-state index in [9.17, 15) is 5.11 Å². The van der Waals surface area contributed by atoms with E-state index < -0.39 is 0 Å². The normalized spacial score (nSPS) is 10.7. The summed E-state index contributed by atoms with van der Waals surface area (Å²) in [5.74, 6) is 1.88. The van der Waals surface area contributed by atoms with E-state index in [4.69, 9.17) is 4.74 Å². The second-order valence-electron chi connectivity index (χ2n) is 5.08. The van der Waals surface area contributed by atoms with Gasteiger partial charge in [0, 0.05) is 25.7 Å². The number of halogens is 1. The first-order chi connectivity index (χ1) is 11.2. The number of hydrogen-bond acceptors (Lipinski definition) is 3. The number of guanidine groups is 1. The van der Waals surface area contributed by atoms with Gasteiger partial charge in [-0.2, -0.15) is 0 Å². The first kappa shape index (κ1) is 20.1. The van der Waals surface area contributed by atoms with Gasteiger partial charge in [-0.3, -0.25) is 4.99 Å². The van der Waals surface area contributed by atoms with E-state index in [0.717, 1.165) is 35.8 Å². The minimum atomic E-state index is 0. The maximum atomic E-state index is 9.46. The molecule has 0 aliphatic carbocycles. The Kier molecular flexibility index (Phi) is 8.99. The molecule has 5 nitrogen and oxygen atoms in total. The largest absolute Gasteiger partial charge is 0.508 e. The predicted molar refractivity (Wildman–Crippen MR) is 108 cm³/mol. The lowest BCUT2D eigenvalue weighted by Gasteiger charge is -2.13. The summed E-state index contributed by atoms with van der Waals surface area (Å²) in [6, 6.07) is 15.2. The van der Waals surface area contributed by atoms with E-state index in [1.54, 1.807) is 26.3 Å². The zero-order chi connectivity index (χ0) is 16.5. The summed E-state index contributed by atoms with van der Waals surface area (Å²) in [7, 11) is 3.41. The highest BCUT2D eigenvalue weighted by Gasteiger charge is 2.03. The molecule has 6 heteroatoms. The molecular weight excluding hydrogens is 417 g/mol. The summed E-state index contributed by atoms with van der Waals surface area (Å²) < 4.78 is 5.34. The lowest BCUT2D eigenvalue weighted by Crippen LogP contribution is -2.37. The summed E-state index contributed by atoms with van der Waals surface area (Å²) in [6.45, 7) is 1.37. The summed E-state index contributed by atoms with van der Waals surface area (Å²) in [4.78, 5) is 4.21. The van der Waals surface area contributed by atoms with Crippen LogP contribution < -0.4 is 15.4 Å². The van der Waals surface area contributed by atoms with Crippen LogP contribution in [0.25, 0.3) is 0 Å². The molecule has 24 heavy (non-hydrogen) atoms. The van der Waals surface area contributed by atoms with Crippen LogP contribution in [0.3, 0.4) is 0 Å². The number of benzene rings is 2. The standard InChI is InChI=1S/C18H23N3O2.HI/c1-19-18(20-11-10-14-6-5-8-16(22)12-14)21-13-15-7-3-4-9-17(15)23-2;/h3-9,12,22H,10-11,13H2,1-2H3,(H2,19,20,21);1H. The van der Waals surface area contributed by atoms with Crippen LogP contribution >= 0.6 is 24.0 Å². The molecule has 2 aromatic rings. The Labute approximate surface area is 160 Å². The number of phenolic OH excluding ortho intramolecular Hbond substituents is 1. The molecule has 0 fully saturated rings. The number of nitrogens with zero attached hydrogens (tertiary/aromatic N) is 1. The van der Waals surface area contributed by atoms with E-state index in [1.807, 2.05) is 36.4 Å². The molecule has 0 atom stereocenters. The first-order valence-corrected chi connectivity index (χ1v) is 7.57. The second-order valence-corrected chi connectivity index (χ2v) is 5.08. The number of nitrogens with one attached hydrogen (secondary N) is 2. The monoisotopic (exact) mass is 441 g/mol. The maximum Gasteiger partial charge on any atom is 0.191 e. The minimum absolute atomic E-state index is 0. The predicted octanol–water partition coefficient (Wildman–Crippen LogP) is 2.93. The summed E-state index contributed by atoms with van der Waals surface area (Å²) >= 11 is 0. The van der Waals surface area contributed by atoms with Crippen LogP contribution in [0, 0.1) is 0 Å². The van der Waals surface area contributed by atoms with Gasteiger partial charge < -0.3 is 20.5 Å². The number of phenols is 1. The third-order valence-corrected chi connectivity index (χ3v) is 3.48. The Bertz CT molecular complexity index is 662. The topological polar surface area (TPSA) is 65.9 Å². The van der Waals surface area contributed by atoms with Crippen LogP contribution in [-0.2, 0) is 13.0 Å². The molecule has 2 rings (SSSR count). The van der Waals surface area contributed by atoms with Gasteiger partial charge in [-0.15, -0.1) is 24.0 Å². The van der Waals surface area contributed by atoms with E-state index in [2.05, 4.69) is 15.6 Å². The molecule has 130 valence electrons. The molecule has 0 aliphatic heterocycles. The fourth-order valence-corrected chi connectivity index (χ4v) is 2.29.